The van der Waals surface area contributed by atoms with Gasteiger partial charge in [0.2, 0.25) is 0 Å². The van der Waals surface area contributed by atoms with Gasteiger partial charge in [-0.25, -0.2) is 8.78 Å². The molecule has 0 aromatic heterocycles. The Morgan fingerprint density at radius 1 is 0.941 bits per heavy atom. The molecule has 0 radical (unpaired) electrons. The van der Waals surface area contributed by atoms with Crippen molar-refractivity contribution in [2.75, 3.05) is 5.32 Å². The van der Waals surface area contributed by atoms with Crippen molar-refractivity contribution in [2.45, 2.75) is 6.54 Å². The van der Waals surface area contributed by atoms with Crippen LogP contribution in [-0.4, -0.2) is 0 Å². The van der Waals surface area contributed by atoms with Gasteiger partial charge >= 0.3 is 0 Å². The Morgan fingerprint density at radius 3 is 2.12 bits per heavy atom. The average Bonchev–Trinajstić information content (AvgIpc) is 2.31. The summed E-state index contributed by atoms with van der Waals surface area (Å²) in [5.74, 6) is -1.07. The summed E-state index contributed by atoms with van der Waals surface area (Å²) in [4.78, 5) is 0. The van der Waals surface area contributed by atoms with Gasteiger partial charge in [-0.3, -0.25) is 0 Å². The number of halogens is 3. The highest BCUT2D eigenvalue weighted by atomic mass is 79.9. The van der Waals surface area contributed by atoms with Crippen LogP contribution < -0.4 is 5.32 Å². The summed E-state index contributed by atoms with van der Waals surface area (Å²) in [6.07, 6.45) is 0. The molecule has 2 aromatic rings. The van der Waals surface area contributed by atoms with Crippen LogP contribution in [0.5, 0.6) is 0 Å². The molecule has 1 N–H and O–H groups in total. The van der Waals surface area contributed by atoms with Gasteiger partial charge in [0.1, 0.15) is 11.6 Å². The van der Waals surface area contributed by atoms with Crippen LogP contribution in [0, 0.1) is 11.6 Å². The van der Waals surface area contributed by atoms with Crippen LogP contribution in [0.4, 0.5) is 14.5 Å². The summed E-state index contributed by atoms with van der Waals surface area (Å²) in [7, 11) is 0. The standard InChI is InChI=1S/C13H10BrF2N/c14-9-4-6-10(7-5-9)17-8-11-12(15)2-1-3-13(11)16/h1-7,17H,8H2. The third kappa shape index (κ3) is 3.03. The minimum absolute atomic E-state index is 0.0513. The molecule has 0 atom stereocenters. The quantitative estimate of drug-likeness (QED) is 0.889. The van der Waals surface area contributed by atoms with Crippen molar-refractivity contribution >= 4 is 21.6 Å². The van der Waals surface area contributed by atoms with E-state index in [1.807, 2.05) is 24.3 Å². The zero-order valence-electron chi connectivity index (χ0n) is 8.88. The predicted molar refractivity (Wildman–Crippen MR) is 67.8 cm³/mol. The fourth-order valence-electron chi connectivity index (χ4n) is 1.46. The molecule has 0 fully saturated rings. The van der Waals surface area contributed by atoms with Crippen LogP contribution in [0.2, 0.25) is 0 Å². The summed E-state index contributed by atoms with van der Waals surface area (Å²) in [5.41, 5.74) is 0.867. The highest BCUT2D eigenvalue weighted by Crippen LogP contribution is 2.17. The Kier molecular flexibility index (Phi) is 3.74. The Bertz CT molecular complexity index is 491. The SMILES string of the molecule is Fc1cccc(F)c1CNc1ccc(Br)cc1. The molecule has 17 heavy (non-hydrogen) atoms. The maximum Gasteiger partial charge on any atom is 0.131 e. The summed E-state index contributed by atoms with van der Waals surface area (Å²) in [6, 6.07) is 11.3. The van der Waals surface area contributed by atoms with E-state index in [2.05, 4.69) is 21.2 Å². The summed E-state index contributed by atoms with van der Waals surface area (Å²) in [6.45, 7) is 0.125. The van der Waals surface area contributed by atoms with E-state index in [0.29, 0.717) is 0 Å². The molecule has 1 nitrogen and oxygen atoms in total. The van der Waals surface area contributed by atoms with Crippen molar-refractivity contribution in [1.82, 2.24) is 0 Å². The summed E-state index contributed by atoms with van der Waals surface area (Å²) in [5, 5.41) is 2.97. The maximum absolute atomic E-state index is 13.3. The molecule has 2 aromatic carbocycles. The van der Waals surface area contributed by atoms with Crippen molar-refractivity contribution in [3.05, 3.63) is 64.1 Å². The molecule has 0 spiro atoms. The fourth-order valence-corrected chi connectivity index (χ4v) is 1.72. The van der Waals surface area contributed by atoms with Gasteiger partial charge in [0, 0.05) is 22.3 Å². The highest BCUT2D eigenvalue weighted by Gasteiger charge is 2.07. The molecule has 0 amide bonds. The van der Waals surface area contributed by atoms with Gasteiger partial charge in [-0.05, 0) is 36.4 Å². The van der Waals surface area contributed by atoms with Crippen molar-refractivity contribution < 1.29 is 8.78 Å². The van der Waals surface area contributed by atoms with E-state index in [1.165, 1.54) is 18.2 Å². The molecule has 88 valence electrons. The van der Waals surface area contributed by atoms with Gasteiger partial charge in [0.15, 0.2) is 0 Å². The third-order valence-corrected chi connectivity index (χ3v) is 2.90. The van der Waals surface area contributed by atoms with Crippen LogP contribution in [0.15, 0.2) is 46.9 Å². The third-order valence-electron chi connectivity index (χ3n) is 2.38. The first-order valence-corrected chi connectivity index (χ1v) is 5.88. The second-order valence-corrected chi connectivity index (χ2v) is 4.48. The number of hydrogen-bond acceptors (Lipinski definition) is 1. The van der Waals surface area contributed by atoms with Crippen molar-refractivity contribution in [3.63, 3.8) is 0 Å². The lowest BCUT2D eigenvalue weighted by molar-refractivity contribution is 0.560. The first-order valence-electron chi connectivity index (χ1n) is 5.09. The molecule has 0 unspecified atom stereocenters. The monoisotopic (exact) mass is 297 g/mol. The van der Waals surface area contributed by atoms with Gasteiger partial charge in [-0.2, -0.15) is 0 Å². The topological polar surface area (TPSA) is 12.0 Å². The minimum atomic E-state index is -0.533. The van der Waals surface area contributed by atoms with Gasteiger partial charge < -0.3 is 5.32 Å². The van der Waals surface area contributed by atoms with E-state index in [1.54, 1.807) is 0 Å². The lowest BCUT2D eigenvalue weighted by atomic mass is 10.2. The lowest BCUT2D eigenvalue weighted by Crippen LogP contribution is -2.04. The first-order chi connectivity index (χ1) is 8.16. The van der Waals surface area contributed by atoms with E-state index >= 15 is 0 Å². The molecule has 0 saturated carbocycles. The highest BCUT2D eigenvalue weighted by molar-refractivity contribution is 9.10. The van der Waals surface area contributed by atoms with E-state index < -0.39 is 11.6 Å². The van der Waals surface area contributed by atoms with Crippen molar-refractivity contribution in [1.29, 1.82) is 0 Å². The van der Waals surface area contributed by atoms with Gasteiger partial charge in [-0.15, -0.1) is 0 Å². The van der Waals surface area contributed by atoms with Crippen molar-refractivity contribution in [2.24, 2.45) is 0 Å². The Hall–Kier alpha value is -1.42. The average molecular weight is 298 g/mol. The Balaban J connectivity index is 2.10. The second-order valence-electron chi connectivity index (χ2n) is 3.56. The Morgan fingerprint density at radius 2 is 1.53 bits per heavy atom. The van der Waals surface area contributed by atoms with E-state index in [-0.39, 0.29) is 12.1 Å². The van der Waals surface area contributed by atoms with Gasteiger partial charge in [-0.1, -0.05) is 22.0 Å². The lowest BCUT2D eigenvalue weighted by Gasteiger charge is -2.08. The number of nitrogens with one attached hydrogen (secondary N) is 1. The summed E-state index contributed by atoms with van der Waals surface area (Å²) >= 11 is 3.32. The Labute approximate surface area is 107 Å². The normalized spacial score (nSPS) is 10.3. The second kappa shape index (κ2) is 5.27. The summed E-state index contributed by atoms with van der Waals surface area (Å²) < 4.78 is 27.6. The molecule has 0 bridgehead atoms. The molecule has 0 saturated heterocycles. The fraction of sp³-hybridized carbons (Fsp3) is 0.0769. The molecule has 0 heterocycles. The molecular formula is C13H10BrF2N. The number of hydrogen-bond donors (Lipinski definition) is 1. The number of anilines is 1. The smallest absolute Gasteiger partial charge is 0.131 e. The molecule has 0 aliphatic carbocycles. The molecule has 2 rings (SSSR count). The van der Waals surface area contributed by atoms with Crippen LogP contribution >= 0.6 is 15.9 Å². The van der Waals surface area contributed by atoms with E-state index in [9.17, 15) is 8.78 Å². The van der Waals surface area contributed by atoms with Crippen LogP contribution in [0.25, 0.3) is 0 Å². The van der Waals surface area contributed by atoms with Crippen LogP contribution in [0.3, 0.4) is 0 Å². The zero-order chi connectivity index (χ0) is 12.3. The molecular weight excluding hydrogens is 288 g/mol. The molecule has 4 heteroatoms. The van der Waals surface area contributed by atoms with Crippen LogP contribution in [0.1, 0.15) is 5.56 Å². The van der Waals surface area contributed by atoms with Gasteiger partial charge in [0.25, 0.3) is 0 Å². The predicted octanol–water partition coefficient (Wildman–Crippen LogP) is 4.34. The molecule has 0 aliphatic heterocycles. The minimum Gasteiger partial charge on any atom is -0.381 e. The number of rotatable bonds is 3. The maximum atomic E-state index is 13.3. The van der Waals surface area contributed by atoms with Crippen molar-refractivity contribution in [3.8, 4) is 0 Å². The number of benzene rings is 2. The van der Waals surface area contributed by atoms with Crippen LogP contribution in [-0.2, 0) is 6.54 Å². The largest absolute Gasteiger partial charge is 0.381 e. The zero-order valence-corrected chi connectivity index (χ0v) is 10.5. The first kappa shape index (κ1) is 12.0. The van der Waals surface area contributed by atoms with Gasteiger partial charge in [0.05, 0.1) is 0 Å². The van der Waals surface area contributed by atoms with E-state index in [0.717, 1.165) is 10.2 Å². The van der Waals surface area contributed by atoms with E-state index in [4.69, 9.17) is 0 Å². The molecule has 0 aliphatic rings.